The van der Waals surface area contributed by atoms with Gasteiger partial charge in [0.25, 0.3) is 11.6 Å². The summed E-state index contributed by atoms with van der Waals surface area (Å²) in [4.78, 5) is 34.1. The van der Waals surface area contributed by atoms with E-state index in [0.717, 1.165) is 29.0 Å². The first-order valence-electron chi connectivity index (χ1n) is 7.28. The van der Waals surface area contributed by atoms with Crippen molar-refractivity contribution in [3.63, 3.8) is 0 Å². The van der Waals surface area contributed by atoms with Crippen molar-refractivity contribution >= 4 is 34.0 Å². The summed E-state index contributed by atoms with van der Waals surface area (Å²) < 4.78 is 0. The number of nitrogens with one attached hydrogen (secondary N) is 1. The monoisotopic (exact) mass is 336 g/mol. The maximum absolute atomic E-state index is 12.6. The van der Waals surface area contributed by atoms with E-state index in [4.69, 9.17) is 0 Å². The second-order valence-electron chi connectivity index (χ2n) is 5.27. The number of non-ortho nitro benzene ring substituents is 1. The molecule has 0 bridgehead atoms. The molecule has 7 nitrogen and oxygen atoms in total. The van der Waals surface area contributed by atoms with Gasteiger partial charge >= 0.3 is 5.97 Å². The summed E-state index contributed by atoms with van der Waals surface area (Å²) in [5.74, 6) is -2.06. The molecule has 0 aliphatic carbocycles. The molecule has 3 rings (SSSR count). The molecule has 25 heavy (non-hydrogen) atoms. The van der Waals surface area contributed by atoms with Crippen LogP contribution in [0.4, 0.5) is 11.4 Å². The fraction of sp³-hybridized carbons (Fsp3) is 0. The standard InChI is InChI=1S/C18H12N2O5/c21-17(15-10-12(20(24)25)8-9-14(15)18(22)23)19-16-7-3-5-11-4-1-2-6-13(11)16/h1-10H,(H,19,21)(H,22,23). The Morgan fingerprint density at radius 3 is 2.40 bits per heavy atom. The molecule has 0 fully saturated rings. The van der Waals surface area contributed by atoms with Gasteiger partial charge in [-0.3, -0.25) is 14.9 Å². The second kappa shape index (κ2) is 6.40. The van der Waals surface area contributed by atoms with Gasteiger partial charge in [0.2, 0.25) is 0 Å². The zero-order valence-electron chi connectivity index (χ0n) is 12.8. The molecule has 0 aromatic heterocycles. The Kier molecular flexibility index (Phi) is 4.13. The van der Waals surface area contributed by atoms with Crippen molar-refractivity contribution in [2.75, 3.05) is 5.32 Å². The van der Waals surface area contributed by atoms with Gasteiger partial charge in [0.15, 0.2) is 0 Å². The number of carbonyl (C=O) groups excluding carboxylic acids is 1. The van der Waals surface area contributed by atoms with Crippen LogP contribution >= 0.6 is 0 Å². The van der Waals surface area contributed by atoms with Gasteiger partial charge in [-0.1, -0.05) is 36.4 Å². The van der Waals surface area contributed by atoms with Crippen molar-refractivity contribution in [2.45, 2.75) is 0 Å². The third-order valence-electron chi connectivity index (χ3n) is 3.73. The molecule has 0 saturated carbocycles. The van der Waals surface area contributed by atoms with Crippen LogP contribution in [0.5, 0.6) is 0 Å². The second-order valence-corrected chi connectivity index (χ2v) is 5.27. The number of benzene rings is 3. The van der Waals surface area contributed by atoms with Crippen LogP contribution in [0.15, 0.2) is 60.7 Å². The molecule has 0 heterocycles. The minimum atomic E-state index is -1.34. The van der Waals surface area contributed by atoms with Crippen LogP contribution in [0.3, 0.4) is 0 Å². The molecule has 124 valence electrons. The number of hydrogen-bond acceptors (Lipinski definition) is 4. The van der Waals surface area contributed by atoms with Crippen molar-refractivity contribution in [1.82, 2.24) is 0 Å². The van der Waals surface area contributed by atoms with Crippen LogP contribution in [-0.2, 0) is 0 Å². The zero-order valence-corrected chi connectivity index (χ0v) is 12.8. The molecule has 1 amide bonds. The molecule has 0 atom stereocenters. The quantitative estimate of drug-likeness (QED) is 0.557. The van der Waals surface area contributed by atoms with Crippen molar-refractivity contribution < 1.29 is 19.6 Å². The van der Waals surface area contributed by atoms with E-state index >= 15 is 0 Å². The van der Waals surface area contributed by atoms with E-state index in [2.05, 4.69) is 5.32 Å². The number of nitro groups is 1. The van der Waals surface area contributed by atoms with E-state index in [-0.39, 0.29) is 16.8 Å². The number of carboxylic acids is 1. The fourth-order valence-corrected chi connectivity index (χ4v) is 2.54. The van der Waals surface area contributed by atoms with Gasteiger partial charge in [0.05, 0.1) is 16.1 Å². The Bertz CT molecular complexity index is 1010. The molecule has 0 aliphatic heterocycles. The van der Waals surface area contributed by atoms with Crippen molar-refractivity contribution in [2.24, 2.45) is 0 Å². The molecule has 7 heteroatoms. The predicted octanol–water partition coefficient (Wildman–Crippen LogP) is 3.70. The van der Waals surface area contributed by atoms with E-state index in [1.165, 1.54) is 0 Å². The lowest BCUT2D eigenvalue weighted by Gasteiger charge is -2.10. The van der Waals surface area contributed by atoms with Crippen molar-refractivity contribution in [3.8, 4) is 0 Å². The number of carboxylic acid groups (broad SMARTS) is 1. The summed E-state index contributed by atoms with van der Waals surface area (Å²) in [7, 11) is 0. The normalized spacial score (nSPS) is 10.4. The van der Waals surface area contributed by atoms with Gasteiger partial charge in [0.1, 0.15) is 0 Å². The first-order valence-corrected chi connectivity index (χ1v) is 7.28. The first kappa shape index (κ1) is 16.1. The van der Waals surface area contributed by atoms with Crippen LogP contribution in [0.1, 0.15) is 20.7 Å². The van der Waals surface area contributed by atoms with E-state index < -0.39 is 16.8 Å². The Labute approximate surface area is 141 Å². The summed E-state index contributed by atoms with van der Waals surface area (Å²) in [6.07, 6.45) is 0. The van der Waals surface area contributed by atoms with Crippen LogP contribution in [0.2, 0.25) is 0 Å². The Morgan fingerprint density at radius 1 is 0.960 bits per heavy atom. The average Bonchev–Trinajstić information content (AvgIpc) is 2.61. The van der Waals surface area contributed by atoms with E-state index in [1.54, 1.807) is 12.1 Å². The highest BCUT2D eigenvalue weighted by Gasteiger charge is 2.21. The number of aromatic carboxylic acids is 1. The van der Waals surface area contributed by atoms with Crippen LogP contribution < -0.4 is 5.32 Å². The van der Waals surface area contributed by atoms with Crippen LogP contribution in [-0.4, -0.2) is 21.9 Å². The number of nitrogens with zero attached hydrogens (tertiary/aromatic N) is 1. The Balaban J connectivity index is 2.04. The first-order chi connectivity index (χ1) is 12.0. The molecule has 0 unspecified atom stereocenters. The lowest BCUT2D eigenvalue weighted by Crippen LogP contribution is -2.17. The average molecular weight is 336 g/mol. The highest BCUT2D eigenvalue weighted by molar-refractivity contribution is 6.13. The number of rotatable bonds is 4. The third kappa shape index (κ3) is 3.16. The zero-order chi connectivity index (χ0) is 18.0. The molecule has 3 aromatic rings. The maximum atomic E-state index is 12.6. The largest absolute Gasteiger partial charge is 0.478 e. The number of nitro benzene ring substituents is 1. The summed E-state index contributed by atoms with van der Waals surface area (Å²) >= 11 is 0. The van der Waals surface area contributed by atoms with E-state index in [9.17, 15) is 24.8 Å². The maximum Gasteiger partial charge on any atom is 0.336 e. The SMILES string of the molecule is O=C(O)c1ccc([N+](=O)[O-])cc1C(=O)Nc1cccc2ccccc12. The van der Waals surface area contributed by atoms with Crippen molar-refractivity contribution in [1.29, 1.82) is 0 Å². The van der Waals surface area contributed by atoms with Gasteiger partial charge in [-0.15, -0.1) is 0 Å². The predicted molar refractivity (Wildman–Crippen MR) is 92.0 cm³/mol. The fourth-order valence-electron chi connectivity index (χ4n) is 2.54. The Hall–Kier alpha value is -3.74. The molecule has 0 radical (unpaired) electrons. The summed E-state index contributed by atoms with van der Waals surface area (Å²) in [5.41, 5.74) is -0.433. The van der Waals surface area contributed by atoms with Gasteiger partial charge in [-0.2, -0.15) is 0 Å². The topological polar surface area (TPSA) is 110 Å². The van der Waals surface area contributed by atoms with Gasteiger partial charge in [-0.25, -0.2) is 4.79 Å². The summed E-state index contributed by atoms with van der Waals surface area (Å²) in [5, 5.41) is 24.5. The van der Waals surface area contributed by atoms with Crippen LogP contribution in [0.25, 0.3) is 10.8 Å². The van der Waals surface area contributed by atoms with E-state index in [1.807, 2.05) is 30.3 Å². The van der Waals surface area contributed by atoms with Gasteiger partial charge in [0, 0.05) is 23.2 Å². The highest BCUT2D eigenvalue weighted by atomic mass is 16.6. The molecule has 0 aliphatic rings. The summed E-state index contributed by atoms with van der Waals surface area (Å²) in [6.45, 7) is 0. The molecule has 0 saturated heterocycles. The number of fused-ring (bicyclic) bond motifs is 1. The lowest BCUT2D eigenvalue weighted by molar-refractivity contribution is -0.384. The molecular weight excluding hydrogens is 324 g/mol. The van der Waals surface area contributed by atoms with E-state index in [0.29, 0.717) is 5.69 Å². The number of hydrogen-bond donors (Lipinski definition) is 2. The number of amides is 1. The number of carbonyl (C=O) groups is 2. The minimum Gasteiger partial charge on any atom is -0.478 e. The van der Waals surface area contributed by atoms with Crippen LogP contribution in [0, 0.1) is 10.1 Å². The minimum absolute atomic E-state index is 0.269. The molecule has 3 aromatic carbocycles. The molecule has 0 spiro atoms. The van der Waals surface area contributed by atoms with Crippen molar-refractivity contribution in [3.05, 3.63) is 81.9 Å². The Morgan fingerprint density at radius 2 is 1.68 bits per heavy atom. The molecule has 2 N–H and O–H groups in total. The smallest absolute Gasteiger partial charge is 0.336 e. The van der Waals surface area contributed by atoms with Gasteiger partial charge in [-0.05, 0) is 17.5 Å². The highest BCUT2D eigenvalue weighted by Crippen LogP contribution is 2.25. The van der Waals surface area contributed by atoms with Gasteiger partial charge < -0.3 is 10.4 Å². The molecular formula is C18H12N2O5. The number of anilines is 1. The summed E-state index contributed by atoms with van der Waals surface area (Å²) in [6, 6.07) is 15.7. The third-order valence-corrected chi connectivity index (χ3v) is 3.73. The lowest BCUT2D eigenvalue weighted by atomic mass is 10.0.